The first kappa shape index (κ1) is 20.0. The molecule has 1 aromatic carbocycles. The molecule has 3 aliphatic rings. The van der Waals surface area contributed by atoms with Gasteiger partial charge in [0, 0.05) is 37.7 Å². The molecule has 2 aromatic rings. The molecule has 3 aliphatic heterocycles. The molecule has 0 N–H and O–H groups in total. The van der Waals surface area contributed by atoms with E-state index in [0.29, 0.717) is 19.8 Å². The molecule has 0 bridgehead atoms. The van der Waals surface area contributed by atoms with Crippen LogP contribution >= 0.6 is 11.3 Å². The SMILES string of the molecule is O=C(c1cc(-c2ccccc2)c(N2CCOCC2)s1)N1CCCC(C2OCCO2)C1. The molecule has 5 rings (SSSR count). The molecule has 1 unspecified atom stereocenters. The molecule has 4 heterocycles. The first-order valence-corrected chi connectivity index (χ1v) is 11.7. The summed E-state index contributed by atoms with van der Waals surface area (Å²) in [6, 6.07) is 12.4. The number of nitrogens with zero attached hydrogens (tertiary/aromatic N) is 2. The van der Waals surface area contributed by atoms with E-state index < -0.39 is 0 Å². The van der Waals surface area contributed by atoms with Crippen molar-refractivity contribution in [1.82, 2.24) is 4.90 Å². The van der Waals surface area contributed by atoms with Crippen LogP contribution in [0.1, 0.15) is 22.5 Å². The van der Waals surface area contributed by atoms with Gasteiger partial charge in [-0.3, -0.25) is 4.79 Å². The van der Waals surface area contributed by atoms with Crippen LogP contribution in [-0.2, 0) is 14.2 Å². The lowest BCUT2D eigenvalue weighted by Gasteiger charge is -2.34. The van der Waals surface area contributed by atoms with Crippen molar-refractivity contribution >= 4 is 22.2 Å². The zero-order chi connectivity index (χ0) is 20.3. The fourth-order valence-corrected chi connectivity index (χ4v) is 5.73. The van der Waals surface area contributed by atoms with Gasteiger partial charge in [0.1, 0.15) is 0 Å². The molecular formula is C23H28N2O4S. The lowest BCUT2D eigenvalue weighted by Crippen LogP contribution is -2.43. The zero-order valence-electron chi connectivity index (χ0n) is 17.1. The Labute approximate surface area is 181 Å². The maximum absolute atomic E-state index is 13.5. The van der Waals surface area contributed by atoms with Crippen LogP contribution in [0.4, 0.5) is 5.00 Å². The quantitative estimate of drug-likeness (QED) is 0.746. The van der Waals surface area contributed by atoms with Gasteiger partial charge < -0.3 is 24.0 Å². The summed E-state index contributed by atoms with van der Waals surface area (Å²) in [6.45, 7) is 5.98. The maximum Gasteiger partial charge on any atom is 0.264 e. The standard InChI is InChI=1S/C23H28N2O4S/c26-21(25-8-4-7-18(16-25)23-28-13-14-29-23)20-15-19(17-5-2-1-3-6-17)22(30-20)24-9-11-27-12-10-24/h1-3,5-6,15,18,23H,4,7-14,16H2. The van der Waals surface area contributed by atoms with Gasteiger partial charge in [-0.15, -0.1) is 11.3 Å². The molecule has 30 heavy (non-hydrogen) atoms. The van der Waals surface area contributed by atoms with Gasteiger partial charge in [-0.05, 0) is 24.5 Å². The van der Waals surface area contributed by atoms with E-state index in [0.717, 1.165) is 61.7 Å². The highest BCUT2D eigenvalue weighted by atomic mass is 32.1. The van der Waals surface area contributed by atoms with Crippen molar-refractivity contribution in [1.29, 1.82) is 0 Å². The summed E-state index contributed by atoms with van der Waals surface area (Å²) in [4.78, 5) is 18.6. The molecule has 0 aliphatic carbocycles. The van der Waals surface area contributed by atoms with Crippen LogP contribution in [0.2, 0.25) is 0 Å². The predicted molar refractivity (Wildman–Crippen MR) is 117 cm³/mol. The van der Waals surface area contributed by atoms with E-state index in [-0.39, 0.29) is 18.1 Å². The molecule has 0 saturated carbocycles. The molecule has 7 heteroatoms. The van der Waals surface area contributed by atoms with Crippen LogP contribution in [0.25, 0.3) is 11.1 Å². The van der Waals surface area contributed by atoms with E-state index in [2.05, 4.69) is 35.2 Å². The summed E-state index contributed by atoms with van der Waals surface area (Å²) < 4.78 is 17.0. The topological polar surface area (TPSA) is 51.2 Å². The molecule has 1 atom stereocenters. The highest BCUT2D eigenvalue weighted by molar-refractivity contribution is 7.18. The highest BCUT2D eigenvalue weighted by Crippen LogP contribution is 2.40. The summed E-state index contributed by atoms with van der Waals surface area (Å²) in [5.41, 5.74) is 2.29. The van der Waals surface area contributed by atoms with E-state index in [9.17, 15) is 4.79 Å². The number of piperidine rings is 1. The van der Waals surface area contributed by atoms with E-state index >= 15 is 0 Å². The number of carbonyl (C=O) groups is 1. The summed E-state index contributed by atoms with van der Waals surface area (Å²) in [5, 5.41) is 1.17. The molecule has 1 aromatic heterocycles. The Balaban J connectivity index is 1.40. The summed E-state index contributed by atoms with van der Waals surface area (Å²) in [6.07, 6.45) is 1.88. The number of thiophene rings is 1. The van der Waals surface area contributed by atoms with Gasteiger partial charge >= 0.3 is 0 Å². The lowest BCUT2D eigenvalue weighted by molar-refractivity contribution is -0.0968. The third-order valence-electron chi connectivity index (χ3n) is 6.08. The zero-order valence-corrected chi connectivity index (χ0v) is 17.9. The molecule has 160 valence electrons. The monoisotopic (exact) mass is 428 g/mol. The van der Waals surface area contributed by atoms with Crippen LogP contribution in [0.3, 0.4) is 0 Å². The van der Waals surface area contributed by atoms with Crippen LogP contribution in [0.5, 0.6) is 0 Å². The molecule has 0 spiro atoms. The summed E-state index contributed by atoms with van der Waals surface area (Å²) in [5.74, 6) is 0.386. The summed E-state index contributed by atoms with van der Waals surface area (Å²) in [7, 11) is 0. The Kier molecular flexibility index (Phi) is 6.04. The molecular weight excluding hydrogens is 400 g/mol. The first-order chi connectivity index (χ1) is 14.8. The van der Waals surface area contributed by atoms with Crippen molar-refractivity contribution in [3.05, 3.63) is 41.3 Å². The number of hydrogen-bond donors (Lipinski definition) is 0. The normalized spacial score (nSPS) is 23.1. The van der Waals surface area contributed by atoms with E-state index in [1.54, 1.807) is 11.3 Å². The summed E-state index contributed by atoms with van der Waals surface area (Å²) >= 11 is 1.61. The van der Waals surface area contributed by atoms with Crippen molar-refractivity contribution in [2.45, 2.75) is 19.1 Å². The minimum Gasteiger partial charge on any atom is -0.378 e. The van der Waals surface area contributed by atoms with Crippen LogP contribution < -0.4 is 4.90 Å². The maximum atomic E-state index is 13.5. The van der Waals surface area contributed by atoms with E-state index in [4.69, 9.17) is 14.2 Å². The average Bonchev–Trinajstić information content (AvgIpc) is 3.51. The number of anilines is 1. The van der Waals surface area contributed by atoms with Crippen LogP contribution in [-0.4, -0.2) is 69.7 Å². The Hall–Kier alpha value is -1.93. The number of morpholine rings is 1. The highest BCUT2D eigenvalue weighted by Gasteiger charge is 2.34. The second-order valence-corrected chi connectivity index (χ2v) is 9.09. The number of amides is 1. The lowest BCUT2D eigenvalue weighted by atomic mass is 9.97. The third-order valence-corrected chi connectivity index (χ3v) is 7.27. The van der Waals surface area contributed by atoms with Gasteiger partial charge in [0.25, 0.3) is 5.91 Å². The first-order valence-electron chi connectivity index (χ1n) is 10.8. The van der Waals surface area contributed by atoms with Gasteiger partial charge in [0.2, 0.25) is 0 Å². The molecule has 6 nitrogen and oxygen atoms in total. The largest absolute Gasteiger partial charge is 0.378 e. The van der Waals surface area contributed by atoms with Gasteiger partial charge in [0.15, 0.2) is 6.29 Å². The van der Waals surface area contributed by atoms with E-state index in [1.807, 2.05) is 11.0 Å². The molecule has 3 fully saturated rings. The van der Waals surface area contributed by atoms with E-state index in [1.165, 1.54) is 5.00 Å². The van der Waals surface area contributed by atoms with Gasteiger partial charge in [-0.2, -0.15) is 0 Å². The van der Waals surface area contributed by atoms with Crippen molar-refractivity contribution in [2.75, 3.05) is 57.5 Å². The Morgan fingerprint density at radius 1 is 1.00 bits per heavy atom. The van der Waals surface area contributed by atoms with Crippen molar-refractivity contribution in [3.63, 3.8) is 0 Å². The average molecular weight is 429 g/mol. The number of hydrogen-bond acceptors (Lipinski definition) is 6. The number of ether oxygens (including phenoxy) is 3. The van der Waals surface area contributed by atoms with Crippen molar-refractivity contribution in [2.24, 2.45) is 5.92 Å². The fraction of sp³-hybridized carbons (Fsp3) is 0.522. The van der Waals surface area contributed by atoms with Crippen molar-refractivity contribution in [3.8, 4) is 11.1 Å². The Morgan fingerprint density at radius 3 is 2.53 bits per heavy atom. The molecule has 1 amide bonds. The second-order valence-electron chi connectivity index (χ2n) is 8.06. The minimum atomic E-state index is -0.160. The number of likely N-dealkylation sites (tertiary alicyclic amines) is 1. The number of carbonyl (C=O) groups excluding carboxylic acids is 1. The molecule has 3 saturated heterocycles. The number of benzene rings is 1. The third kappa shape index (κ3) is 4.12. The Morgan fingerprint density at radius 2 is 1.77 bits per heavy atom. The number of rotatable bonds is 4. The van der Waals surface area contributed by atoms with Crippen LogP contribution in [0.15, 0.2) is 36.4 Å². The predicted octanol–water partition coefficient (Wildman–Crippen LogP) is 3.48. The fourth-order valence-electron chi connectivity index (χ4n) is 4.53. The van der Waals surface area contributed by atoms with Gasteiger partial charge in [0.05, 0.1) is 36.3 Å². The smallest absolute Gasteiger partial charge is 0.264 e. The van der Waals surface area contributed by atoms with Crippen molar-refractivity contribution < 1.29 is 19.0 Å². The van der Waals surface area contributed by atoms with Gasteiger partial charge in [-0.25, -0.2) is 0 Å². The van der Waals surface area contributed by atoms with Crippen LogP contribution in [0, 0.1) is 5.92 Å². The second kappa shape index (κ2) is 9.06. The van der Waals surface area contributed by atoms with Gasteiger partial charge in [-0.1, -0.05) is 30.3 Å². The minimum absolute atomic E-state index is 0.124. The Bertz CT molecular complexity index is 859. The molecule has 0 radical (unpaired) electrons.